The number of rotatable bonds is 4. The van der Waals surface area contributed by atoms with Gasteiger partial charge in [0.25, 0.3) is 0 Å². The fourth-order valence-electron chi connectivity index (χ4n) is 4.18. The molecule has 13 heteroatoms. The average Bonchev–Trinajstić information content (AvgIpc) is 3.15. The molecule has 1 amide bonds. The predicted octanol–water partition coefficient (Wildman–Crippen LogP) is 3.73. The summed E-state index contributed by atoms with van der Waals surface area (Å²) in [5, 5.41) is 1.31. The van der Waals surface area contributed by atoms with E-state index in [0.29, 0.717) is 0 Å². The van der Waals surface area contributed by atoms with E-state index in [-0.39, 0.29) is 46.4 Å². The van der Waals surface area contributed by atoms with Gasteiger partial charge in [0.2, 0.25) is 5.43 Å². The molecule has 0 bridgehead atoms. The highest BCUT2D eigenvalue weighted by Gasteiger charge is 2.41. The van der Waals surface area contributed by atoms with Crippen LogP contribution in [-0.2, 0) is 9.53 Å². The molecule has 184 valence electrons. The molecule has 0 saturated carbocycles. The lowest BCUT2D eigenvalue weighted by atomic mass is 10.1. The first-order chi connectivity index (χ1) is 15.8. The van der Waals surface area contributed by atoms with Crippen LogP contribution in [-0.4, -0.2) is 47.9 Å². The van der Waals surface area contributed by atoms with E-state index in [2.05, 4.69) is 0 Å². The van der Waals surface area contributed by atoms with Crippen LogP contribution in [0.15, 0.2) is 15.9 Å². The van der Waals surface area contributed by atoms with E-state index in [1.54, 1.807) is 20.8 Å². The maximum atomic E-state index is 15.7. The molecule has 2 unspecified atom stereocenters. The van der Waals surface area contributed by atoms with Crippen molar-refractivity contribution >= 4 is 40.2 Å². The SMILES string of the molecule is CC(C)OC(=O)c1c2n(c3c(F)c(N4CCC(NC(=O)C(F)(F)F)C4)c(F)cc3c1=O)C(C)S2. The topological polar surface area (TPSA) is 80.6 Å². The van der Waals surface area contributed by atoms with E-state index < -0.39 is 52.9 Å². The first-order valence-corrected chi connectivity index (χ1v) is 11.3. The number of carbonyl (C=O) groups excluding carboxylic acids is 2. The van der Waals surface area contributed by atoms with Gasteiger partial charge in [-0.1, -0.05) is 11.8 Å². The molecule has 1 aromatic carbocycles. The van der Waals surface area contributed by atoms with Gasteiger partial charge in [0.15, 0.2) is 5.82 Å². The normalized spacial score (nSPS) is 19.9. The minimum atomic E-state index is -5.07. The first kappa shape index (κ1) is 24.3. The van der Waals surface area contributed by atoms with Crippen molar-refractivity contribution in [3.05, 3.63) is 33.5 Å². The number of pyridine rings is 1. The number of aromatic nitrogens is 1. The number of hydrogen-bond acceptors (Lipinski definition) is 6. The molecule has 0 spiro atoms. The van der Waals surface area contributed by atoms with E-state index in [1.165, 1.54) is 9.47 Å². The Morgan fingerprint density at radius 1 is 1.26 bits per heavy atom. The summed E-state index contributed by atoms with van der Waals surface area (Å²) in [6.45, 7) is 4.65. The number of thioether (sulfide) groups is 1. The lowest BCUT2D eigenvalue weighted by molar-refractivity contribution is -0.174. The maximum Gasteiger partial charge on any atom is 0.471 e. The highest BCUT2D eigenvalue weighted by Crippen LogP contribution is 2.48. The summed E-state index contributed by atoms with van der Waals surface area (Å²) in [5.74, 6) is -5.18. The Morgan fingerprint density at radius 3 is 2.53 bits per heavy atom. The monoisotopic (exact) mass is 505 g/mol. The van der Waals surface area contributed by atoms with Crippen LogP contribution in [0.1, 0.15) is 42.9 Å². The zero-order chi connectivity index (χ0) is 25.1. The molecule has 1 fully saturated rings. The van der Waals surface area contributed by atoms with Crippen LogP contribution in [0.5, 0.6) is 0 Å². The summed E-state index contributed by atoms with van der Waals surface area (Å²) in [5.41, 5.74) is -1.88. The summed E-state index contributed by atoms with van der Waals surface area (Å²) >= 11 is 1.16. The molecule has 2 aliphatic heterocycles. The summed E-state index contributed by atoms with van der Waals surface area (Å²) in [4.78, 5) is 38.0. The van der Waals surface area contributed by atoms with Gasteiger partial charge in [-0.05, 0) is 33.3 Å². The van der Waals surface area contributed by atoms with Gasteiger partial charge in [-0.15, -0.1) is 0 Å². The third-order valence-electron chi connectivity index (χ3n) is 5.60. The summed E-state index contributed by atoms with van der Waals surface area (Å²) in [6.07, 6.45) is -5.54. The van der Waals surface area contributed by atoms with Gasteiger partial charge in [0.05, 0.1) is 27.4 Å². The molecule has 7 nitrogen and oxygen atoms in total. The number of carbonyl (C=O) groups is 2. The number of nitrogens with zero attached hydrogens (tertiary/aromatic N) is 2. The minimum absolute atomic E-state index is 0.0116. The van der Waals surface area contributed by atoms with Gasteiger partial charge in [0.1, 0.15) is 17.1 Å². The Morgan fingerprint density at radius 2 is 1.94 bits per heavy atom. The molecule has 3 heterocycles. The second-order valence-corrected chi connectivity index (χ2v) is 9.68. The molecule has 0 radical (unpaired) electrons. The van der Waals surface area contributed by atoms with Gasteiger partial charge >= 0.3 is 18.1 Å². The number of esters is 1. The van der Waals surface area contributed by atoms with E-state index >= 15 is 8.78 Å². The molecular formula is C21H20F5N3O4S. The largest absolute Gasteiger partial charge is 0.471 e. The van der Waals surface area contributed by atoms with Crippen molar-refractivity contribution in [2.75, 3.05) is 18.0 Å². The van der Waals surface area contributed by atoms with Crippen LogP contribution in [0.2, 0.25) is 0 Å². The van der Waals surface area contributed by atoms with Crippen LogP contribution in [0.4, 0.5) is 27.6 Å². The smallest absolute Gasteiger partial charge is 0.459 e. The molecule has 0 aliphatic carbocycles. The van der Waals surface area contributed by atoms with E-state index in [0.717, 1.165) is 17.8 Å². The summed E-state index contributed by atoms with van der Waals surface area (Å²) in [6, 6.07) is -0.135. The molecular weight excluding hydrogens is 485 g/mol. The number of amides is 1. The van der Waals surface area contributed by atoms with Crippen molar-refractivity contribution in [1.29, 1.82) is 0 Å². The molecule has 1 N–H and O–H groups in total. The number of anilines is 1. The van der Waals surface area contributed by atoms with Crippen molar-refractivity contribution in [2.24, 2.45) is 0 Å². The van der Waals surface area contributed by atoms with Gasteiger partial charge < -0.3 is 19.5 Å². The third kappa shape index (κ3) is 3.99. The quantitative estimate of drug-likeness (QED) is 0.504. The van der Waals surface area contributed by atoms with Crippen LogP contribution in [0, 0.1) is 11.6 Å². The Balaban J connectivity index is 1.77. The Hall–Kier alpha value is -2.83. The Kier molecular flexibility index (Phi) is 6.03. The average molecular weight is 505 g/mol. The number of halogens is 5. The van der Waals surface area contributed by atoms with Gasteiger partial charge in [-0.3, -0.25) is 9.59 Å². The second kappa shape index (κ2) is 8.43. The summed E-state index contributed by atoms with van der Waals surface area (Å²) in [7, 11) is 0. The van der Waals surface area contributed by atoms with Crippen LogP contribution < -0.4 is 15.6 Å². The summed E-state index contributed by atoms with van der Waals surface area (Å²) < 4.78 is 74.9. The third-order valence-corrected chi connectivity index (χ3v) is 6.78. The fraction of sp³-hybridized carbons (Fsp3) is 0.476. The van der Waals surface area contributed by atoms with Crippen molar-refractivity contribution in [1.82, 2.24) is 9.88 Å². The lowest BCUT2D eigenvalue weighted by Crippen LogP contribution is -2.44. The number of fused-ring (bicyclic) bond motifs is 3. The number of nitrogens with one attached hydrogen (secondary N) is 1. The Bertz CT molecular complexity index is 1260. The van der Waals surface area contributed by atoms with Crippen LogP contribution >= 0.6 is 11.8 Å². The highest BCUT2D eigenvalue weighted by molar-refractivity contribution is 8.00. The van der Waals surface area contributed by atoms with Crippen molar-refractivity contribution in [2.45, 2.75) is 55.9 Å². The predicted molar refractivity (Wildman–Crippen MR) is 114 cm³/mol. The second-order valence-electron chi connectivity index (χ2n) is 8.37. The Labute approximate surface area is 194 Å². The number of ether oxygens (including phenoxy) is 1. The molecule has 2 aliphatic rings. The molecule has 1 saturated heterocycles. The number of benzene rings is 1. The van der Waals surface area contributed by atoms with Crippen LogP contribution in [0.25, 0.3) is 10.9 Å². The highest BCUT2D eigenvalue weighted by atomic mass is 32.2. The lowest BCUT2D eigenvalue weighted by Gasteiger charge is -2.34. The van der Waals surface area contributed by atoms with Gasteiger partial charge in [-0.2, -0.15) is 13.2 Å². The van der Waals surface area contributed by atoms with Gasteiger partial charge in [0, 0.05) is 19.1 Å². The zero-order valence-corrected chi connectivity index (χ0v) is 19.1. The molecule has 1 aromatic heterocycles. The molecule has 34 heavy (non-hydrogen) atoms. The molecule has 4 rings (SSSR count). The van der Waals surface area contributed by atoms with Crippen molar-refractivity contribution in [3.8, 4) is 0 Å². The minimum Gasteiger partial charge on any atom is -0.459 e. The maximum absolute atomic E-state index is 15.7. The fourth-order valence-corrected chi connectivity index (χ4v) is 5.32. The van der Waals surface area contributed by atoms with Crippen molar-refractivity contribution in [3.63, 3.8) is 0 Å². The number of alkyl halides is 3. The number of hydrogen-bond donors (Lipinski definition) is 1. The molecule has 2 aromatic rings. The first-order valence-electron chi connectivity index (χ1n) is 10.4. The van der Waals surface area contributed by atoms with Crippen LogP contribution in [0.3, 0.4) is 0 Å². The zero-order valence-electron chi connectivity index (χ0n) is 18.3. The van der Waals surface area contributed by atoms with E-state index in [4.69, 9.17) is 4.74 Å². The van der Waals surface area contributed by atoms with E-state index in [1.807, 2.05) is 5.32 Å². The van der Waals surface area contributed by atoms with Gasteiger partial charge in [-0.25, -0.2) is 13.6 Å². The molecule has 2 atom stereocenters. The van der Waals surface area contributed by atoms with E-state index in [9.17, 15) is 27.6 Å². The van der Waals surface area contributed by atoms with Crippen molar-refractivity contribution < 1.29 is 36.3 Å². The standard InChI is InChI=1S/C21H20F5N3O4S/c1-8(2)33-19(31)13-17(30)11-6-12(22)16(14(23)15(11)29-9(3)34-18(13)29)28-5-4-10(7-28)27-20(32)21(24,25)26/h6,8-10H,4-5,7H2,1-3H3,(H,27,32).